The third kappa shape index (κ3) is 12.4. The number of cyclic esters (lactones) is 3. The molecule has 0 aromatic heterocycles. The van der Waals surface area contributed by atoms with Gasteiger partial charge >= 0.3 is 29.8 Å². The van der Waals surface area contributed by atoms with Crippen molar-refractivity contribution in [2.24, 2.45) is 156 Å². The largest absolute Gasteiger partial charge is 0.473 e. The van der Waals surface area contributed by atoms with Crippen LogP contribution >= 0.6 is 0 Å². The molecule has 3 aliphatic heterocycles. The van der Waals surface area contributed by atoms with Crippen molar-refractivity contribution in [3.05, 3.63) is 34.9 Å². The van der Waals surface area contributed by atoms with Crippen LogP contribution in [-0.2, 0) is 47.7 Å². The number of carboxylic acid groups (broad SMARTS) is 1. The van der Waals surface area contributed by atoms with Gasteiger partial charge in [0, 0.05) is 45.8 Å². The number of carboxylic acids is 1. The second kappa shape index (κ2) is 28.7. The van der Waals surface area contributed by atoms with Crippen molar-refractivity contribution in [2.45, 2.75) is 336 Å². The average molecular weight is 1540 g/mol. The summed E-state index contributed by atoms with van der Waals surface area (Å²) in [6.45, 7) is 27.0. The average Bonchev–Trinajstić information content (AvgIpc) is 1.64. The highest BCUT2D eigenvalue weighted by Gasteiger charge is 2.73. The lowest BCUT2D eigenvalue weighted by atomic mass is 9.43. The van der Waals surface area contributed by atoms with Crippen LogP contribution in [-0.4, -0.2) is 121 Å². The molecule has 0 aromatic carbocycles. The summed E-state index contributed by atoms with van der Waals surface area (Å²) in [7, 11) is 0. The first-order chi connectivity index (χ1) is 52.4. The van der Waals surface area contributed by atoms with Gasteiger partial charge in [0.05, 0.1) is 28.5 Å². The molecule has 16 nitrogen and oxygen atoms in total. The Labute approximate surface area is 663 Å². The fourth-order valence-corrected chi connectivity index (χ4v) is 33.9. The number of fused-ring (bicyclic) bond motifs is 20. The van der Waals surface area contributed by atoms with Gasteiger partial charge in [-0.15, -0.1) is 0 Å². The highest BCUT2D eigenvalue weighted by atomic mass is 16.6. The van der Waals surface area contributed by atoms with Crippen molar-refractivity contribution in [3.63, 3.8) is 0 Å². The van der Waals surface area contributed by atoms with Gasteiger partial charge in [-0.2, -0.15) is 0 Å². The zero-order valence-electron chi connectivity index (χ0n) is 69.8. The van der Waals surface area contributed by atoms with Gasteiger partial charge in [-0.3, -0.25) is 4.79 Å². The van der Waals surface area contributed by atoms with Crippen LogP contribution in [0.5, 0.6) is 0 Å². The standard InChI is InChI=1S/C24H36O6.2C24H36O3.C23H34O4/c1-14-6-9-22(2)15(12-14)4-5-17-16(22)7-10-23(3)18(8-11-24(17,23)29)19(25)13-30-21(28)20(26)27;2*1-15-6-9-22(2)17(12-15)4-5-20-19(22)7-10-23(3)18(8-11-24(20,23)26)16-13-21(25)27-14-16;1-21-8-5-16(24)12-15(21)3-4-19-18(21)6-9-22(2)17(7-10-23(19,22)26)14-11-20(25)27-13-14/h14-18,29H,4-13H2,1-3H3,(H,26,27);2*13,15,17-20,26H,4-12,14H2,1-3H3;11,15-19,24,26H,3-10,12-13H2,1-2H3/t14-,15+,16?,17?,18+,22-,23+,24-;2*15-,17+,18+,19?,20?,22-,23+,24-;15-,16+,17-,18?,19?,21+,22-,23+/m0001/s1. The summed E-state index contributed by atoms with van der Waals surface area (Å²) in [4.78, 5) is 69.7. The Morgan fingerprint density at radius 2 is 0.667 bits per heavy atom. The summed E-state index contributed by atoms with van der Waals surface area (Å²) in [5.41, 5.74) is 1.29. The highest BCUT2D eigenvalue weighted by Crippen LogP contribution is 2.76. The summed E-state index contributed by atoms with van der Waals surface area (Å²) in [5.74, 6) is 6.03. The van der Waals surface area contributed by atoms with Crippen molar-refractivity contribution in [1.29, 1.82) is 0 Å². The molecule has 32 atom stereocenters. The summed E-state index contributed by atoms with van der Waals surface area (Å²) in [6.07, 6.45) is 45.0. The Bertz CT molecular complexity index is 3470. The Morgan fingerprint density at radius 1 is 0.369 bits per heavy atom. The molecule has 0 bridgehead atoms. The molecule has 19 rings (SSSR count). The number of carbonyl (C=O) groups excluding carboxylic acids is 5. The lowest BCUT2D eigenvalue weighted by Crippen LogP contribution is -2.62. The monoisotopic (exact) mass is 1540 g/mol. The van der Waals surface area contributed by atoms with Crippen molar-refractivity contribution < 1.29 is 78.4 Å². The smallest absolute Gasteiger partial charge is 0.417 e. The molecule has 0 aromatic rings. The molecule has 16 saturated carbocycles. The third-order valence-corrected chi connectivity index (χ3v) is 40.5. The van der Waals surface area contributed by atoms with E-state index >= 15 is 0 Å². The van der Waals surface area contributed by atoms with Crippen LogP contribution in [0.2, 0.25) is 0 Å². The second-order valence-corrected chi connectivity index (χ2v) is 44.3. The van der Waals surface area contributed by atoms with Gasteiger partial charge in [-0.05, 0) is 357 Å². The fraction of sp³-hybridized carbons (Fsp3) is 0.874. The minimum Gasteiger partial charge on any atom is -0.473 e. The summed E-state index contributed by atoms with van der Waals surface area (Å²) >= 11 is 0. The number of Topliss-reactive ketones (excluding diaryl/α,β-unsaturated/α-hetero) is 1. The topological polar surface area (TPSA) is 261 Å². The molecule has 8 unspecified atom stereocenters. The van der Waals surface area contributed by atoms with Crippen molar-refractivity contribution in [1.82, 2.24) is 0 Å². The predicted molar refractivity (Wildman–Crippen MR) is 421 cm³/mol. The van der Waals surface area contributed by atoms with E-state index in [1.165, 1.54) is 103 Å². The van der Waals surface area contributed by atoms with E-state index in [1.54, 1.807) is 18.2 Å². The number of aliphatic hydroxyl groups is 5. The maximum atomic E-state index is 12.9. The van der Waals surface area contributed by atoms with Crippen LogP contribution in [0.25, 0.3) is 0 Å². The summed E-state index contributed by atoms with van der Waals surface area (Å²) < 4.78 is 20.3. The molecule has 0 radical (unpaired) electrons. The number of carbonyl (C=O) groups is 6. The van der Waals surface area contributed by atoms with E-state index in [0.717, 1.165) is 168 Å². The third-order valence-electron chi connectivity index (χ3n) is 40.5. The van der Waals surface area contributed by atoms with E-state index in [0.29, 0.717) is 103 Å². The molecule has 0 spiro atoms. The van der Waals surface area contributed by atoms with E-state index in [2.05, 4.69) is 74.0 Å². The van der Waals surface area contributed by atoms with Crippen molar-refractivity contribution >= 4 is 35.6 Å². The Balaban J connectivity index is 0.000000112. The van der Waals surface area contributed by atoms with Crippen LogP contribution < -0.4 is 0 Å². The van der Waals surface area contributed by atoms with Gasteiger partial charge in [0.2, 0.25) is 0 Å². The number of rotatable bonds is 6. The minimum absolute atomic E-state index is 0.0981. The van der Waals surface area contributed by atoms with Gasteiger partial charge < -0.3 is 49.6 Å². The lowest BCUT2D eigenvalue weighted by molar-refractivity contribution is -0.208. The number of aliphatic carboxylic acids is 1. The molecule has 0 saturated heterocycles. The van der Waals surface area contributed by atoms with E-state index in [1.807, 2.05) is 6.92 Å². The van der Waals surface area contributed by atoms with Crippen LogP contribution in [0.4, 0.5) is 0 Å². The summed E-state index contributed by atoms with van der Waals surface area (Å²) in [5, 5.41) is 67.4. The maximum Gasteiger partial charge on any atom is 0.417 e. The lowest BCUT2D eigenvalue weighted by Gasteiger charge is -2.63. The Hall–Kier alpha value is -3.96. The zero-order chi connectivity index (χ0) is 79.0. The first-order valence-electron chi connectivity index (χ1n) is 45.5. The van der Waals surface area contributed by atoms with Crippen molar-refractivity contribution in [2.75, 3.05) is 26.4 Å². The first-order valence-corrected chi connectivity index (χ1v) is 45.5. The number of hydrogen-bond donors (Lipinski definition) is 6. The van der Waals surface area contributed by atoms with E-state index < -0.39 is 46.4 Å². The Kier molecular flexibility index (Phi) is 20.9. The van der Waals surface area contributed by atoms with Gasteiger partial charge in [0.25, 0.3) is 0 Å². The van der Waals surface area contributed by atoms with Crippen LogP contribution in [0.3, 0.4) is 0 Å². The molecule has 0 amide bonds. The number of aliphatic hydroxyl groups excluding tert-OH is 1. The van der Waals surface area contributed by atoms with Gasteiger partial charge in [-0.25, -0.2) is 24.0 Å². The second-order valence-electron chi connectivity index (χ2n) is 44.3. The molecule has 111 heavy (non-hydrogen) atoms. The molecular formula is C95H142O16. The fourth-order valence-electron chi connectivity index (χ4n) is 33.9. The summed E-state index contributed by atoms with van der Waals surface area (Å²) in [6, 6.07) is 0. The molecule has 3 heterocycles. The maximum absolute atomic E-state index is 12.9. The number of ether oxygens (including phenoxy) is 4. The SMILES string of the molecule is C[C@H]1CC[C@]2(C)C3CC[C@]4(C)[C@@H](C(=O)COC(=O)C(=O)O)CC[C@]4(O)C3CC[C@@H]2C1.C[C@H]1CC[C@]2(C)C3CC[C@]4(C)[C@@H](C5=CC(=O)OC5)CC[C@]4(O)C3CC[C@@H]2C1.C[C@H]1CC[C@]2(C)C3CC[C@]4(C)[C@@H](C5=CC(=O)OC5)CC[C@]4(O)C3CC[C@@H]2C1.C[C@]12CC[C@H](O)C[C@H]1CCC1C2CC[C@]2(C)[C@@H](C3=CC(=O)OC3)CC[C@]12O. The molecule has 618 valence electrons. The van der Waals surface area contributed by atoms with Gasteiger partial charge in [0.15, 0.2) is 12.4 Å². The molecule has 16 fully saturated rings. The molecule has 6 N–H and O–H groups in total. The first kappa shape index (κ1) is 80.8. The number of hydrogen-bond acceptors (Lipinski definition) is 15. The van der Waals surface area contributed by atoms with Gasteiger partial charge in [-0.1, -0.05) is 95.4 Å². The number of esters is 4. The minimum atomic E-state index is -1.69. The highest BCUT2D eigenvalue weighted by molar-refractivity contribution is 6.28. The van der Waals surface area contributed by atoms with Crippen LogP contribution in [0.1, 0.15) is 307 Å². The molecule has 16 heteroatoms. The molecular weight excluding hydrogens is 1400 g/mol. The van der Waals surface area contributed by atoms with Gasteiger partial charge in [0.1, 0.15) is 19.8 Å². The normalized spacial score (nSPS) is 52.7. The zero-order valence-corrected chi connectivity index (χ0v) is 69.8. The van der Waals surface area contributed by atoms with E-state index in [4.69, 9.17) is 19.3 Å². The molecule has 16 aliphatic carbocycles. The number of ketones is 1. The quantitative estimate of drug-likeness (QED) is 0.0820. The molecule has 19 aliphatic rings. The van der Waals surface area contributed by atoms with E-state index in [-0.39, 0.29) is 74.6 Å². The van der Waals surface area contributed by atoms with Crippen LogP contribution in [0.15, 0.2) is 34.9 Å². The van der Waals surface area contributed by atoms with Crippen molar-refractivity contribution in [3.8, 4) is 0 Å². The Morgan fingerprint density at radius 3 is 0.982 bits per heavy atom. The predicted octanol–water partition coefficient (Wildman–Crippen LogP) is 17.0. The van der Waals surface area contributed by atoms with Crippen LogP contribution in [0, 0.1) is 156 Å². The van der Waals surface area contributed by atoms with E-state index in [9.17, 15) is 54.3 Å².